The smallest absolute Gasteiger partial charge is 0.237 e. The number of hydrogen-bond donors (Lipinski definition) is 2. The minimum atomic E-state index is 0. The Hall–Kier alpha value is -0.280. The van der Waals surface area contributed by atoms with Crippen molar-refractivity contribution in [3.8, 4) is 0 Å². The van der Waals surface area contributed by atoms with E-state index in [1.165, 1.54) is 12.8 Å². The molecule has 76 valence electrons. The Labute approximate surface area is 85.1 Å². The minimum Gasteiger partial charge on any atom is -0.354 e. The summed E-state index contributed by atoms with van der Waals surface area (Å²) in [5, 5.41) is 6.17. The SMILES string of the molecule is Cl.O=C(NCC1CC1)C1CCCN1. The summed E-state index contributed by atoms with van der Waals surface area (Å²) in [7, 11) is 0. The molecule has 1 saturated carbocycles. The van der Waals surface area contributed by atoms with Crippen molar-refractivity contribution in [2.45, 2.75) is 31.7 Å². The van der Waals surface area contributed by atoms with Crippen LogP contribution in [0.2, 0.25) is 0 Å². The molecular formula is C9H17ClN2O. The summed E-state index contributed by atoms with van der Waals surface area (Å²) in [6.45, 7) is 1.90. The highest BCUT2D eigenvalue weighted by Gasteiger charge is 2.25. The Morgan fingerprint density at radius 3 is 2.69 bits per heavy atom. The first-order valence-electron chi connectivity index (χ1n) is 4.87. The fourth-order valence-electron chi connectivity index (χ4n) is 1.60. The summed E-state index contributed by atoms with van der Waals surface area (Å²) in [6, 6.07) is 0.101. The van der Waals surface area contributed by atoms with Crippen LogP contribution in [-0.4, -0.2) is 25.0 Å². The maximum absolute atomic E-state index is 11.4. The van der Waals surface area contributed by atoms with Gasteiger partial charge < -0.3 is 10.6 Å². The van der Waals surface area contributed by atoms with Crippen LogP contribution in [0.5, 0.6) is 0 Å². The van der Waals surface area contributed by atoms with Crippen LogP contribution in [0.15, 0.2) is 0 Å². The molecule has 0 aromatic heterocycles. The number of rotatable bonds is 3. The summed E-state index contributed by atoms with van der Waals surface area (Å²) in [5.41, 5.74) is 0. The Morgan fingerprint density at radius 2 is 2.15 bits per heavy atom. The second-order valence-corrected chi connectivity index (χ2v) is 3.84. The Bertz CT molecular complexity index is 176. The molecule has 1 amide bonds. The molecule has 3 nitrogen and oxygen atoms in total. The van der Waals surface area contributed by atoms with Gasteiger partial charge in [-0.25, -0.2) is 0 Å². The molecule has 13 heavy (non-hydrogen) atoms. The lowest BCUT2D eigenvalue weighted by molar-refractivity contribution is -0.122. The van der Waals surface area contributed by atoms with Gasteiger partial charge in [-0.15, -0.1) is 12.4 Å². The molecule has 0 aromatic carbocycles. The van der Waals surface area contributed by atoms with E-state index in [0.717, 1.165) is 31.8 Å². The minimum absolute atomic E-state index is 0. The van der Waals surface area contributed by atoms with E-state index in [9.17, 15) is 4.79 Å². The molecule has 1 aliphatic heterocycles. The Morgan fingerprint density at radius 1 is 1.38 bits per heavy atom. The number of nitrogens with one attached hydrogen (secondary N) is 2. The maximum atomic E-state index is 11.4. The molecule has 0 radical (unpaired) electrons. The van der Waals surface area contributed by atoms with Gasteiger partial charge in [-0.2, -0.15) is 0 Å². The van der Waals surface area contributed by atoms with Crippen LogP contribution in [-0.2, 0) is 4.79 Å². The third-order valence-electron chi connectivity index (χ3n) is 2.64. The molecule has 2 aliphatic rings. The first-order chi connectivity index (χ1) is 5.86. The van der Waals surface area contributed by atoms with Crippen LogP contribution in [0.3, 0.4) is 0 Å². The molecule has 2 fully saturated rings. The van der Waals surface area contributed by atoms with Crippen LogP contribution >= 0.6 is 12.4 Å². The molecule has 1 saturated heterocycles. The van der Waals surface area contributed by atoms with E-state index in [-0.39, 0.29) is 24.4 Å². The molecular weight excluding hydrogens is 188 g/mol. The van der Waals surface area contributed by atoms with E-state index < -0.39 is 0 Å². The lowest BCUT2D eigenvalue weighted by Crippen LogP contribution is -2.41. The number of carbonyl (C=O) groups excluding carboxylic acids is 1. The largest absolute Gasteiger partial charge is 0.354 e. The van der Waals surface area contributed by atoms with Gasteiger partial charge in [0.05, 0.1) is 6.04 Å². The zero-order valence-corrected chi connectivity index (χ0v) is 8.53. The van der Waals surface area contributed by atoms with Crippen molar-refractivity contribution in [3.05, 3.63) is 0 Å². The lowest BCUT2D eigenvalue weighted by atomic mass is 10.2. The number of amides is 1. The zero-order valence-electron chi connectivity index (χ0n) is 7.71. The molecule has 0 spiro atoms. The highest BCUT2D eigenvalue weighted by molar-refractivity contribution is 5.85. The van der Waals surface area contributed by atoms with E-state index in [4.69, 9.17) is 0 Å². The molecule has 1 atom stereocenters. The van der Waals surface area contributed by atoms with Crippen LogP contribution in [0, 0.1) is 5.92 Å². The van der Waals surface area contributed by atoms with Gasteiger partial charge in [0.15, 0.2) is 0 Å². The van der Waals surface area contributed by atoms with Crippen molar-refractivity contribution in [1.29, 1.82) is 0 Å². The Balaban J connectivity index is 0.000000845. The quantitative estimate of drug-likeness (QED) is 0.710. The molecule has 1 heterocycles. The molecule has 2 N–H and O–H groups in total. The van der Waals surface area contributed by atoms with Gasteiger partial charge in [0, 0.05) is 6.54 Å². The van der Waals surface area contributed by atoms with Crippen LogP contribution < -0.4 is 10.6 Å². The highest BCUT2D eigenvalue weighted by Crippen LogP contribution is 2.27. The predicted molar refractivity (Wildman–Crippen MR) is 54.0 cm³/mol. The van der Waals surface area contributed by atoms with Crippen molar-refractivity contribution in [2.75, 3.05) is 13.1 Å². The normalized spacial score (nSPS) is 26.6. The highest BCUT2D eigenvalue weighted by atomic mass is 35.5. The summed E-state index contributed by atoms with van der Waals surface area (Å²) >= 11 is 0. The van der Waals surface area contributed by atoms with Gasteiger partial charge in [0.2, 0.25) is 5.91 Å². The summed E-state index contributed by atoms with van der Waals surface area (Å²) < 4.78 is 0. The number of carbonyl (C=O) groups is 1. The van der Waals surface area contributed by atoms with Gasteiger partial charge in [0.1, 0.15) is 0 Å². The molecule has 2 rings (SSSR count). The first kappa shape index (κ1) is 10.8. The van der Waals surface area contributed by atoms with Crippen molar-refractivity contribution in [3.63, 3.8) is 0 Å². The maximum Gasteiger partial charge on any atom is 0.237 e. The van der Waals surface area contributed by atoms with Gasteiger partial charge >= 0.3 is 0 Å². The summed E-state index contributed by atoms with van der Waals surface area (Å²) in [6.07, 6.45) is 4.76. The van der Waals surface area contributed by atoms with E-state index in [0.29, 0.717) is 0 Å². The lowest BCUT2D eigenvalue weighted by Gasteiger charge is -2.09. The average molecular weight is 205 g/mol. The van der Waals surface area contributed by atoms with Crippen molar-refractivity contribution >= 4 is 18.3 Å². The second-order valence-electron chi connectivity index (χ2n) is 3.84. The summed E-state index contributed by atoms with van der Waals surface area (Å²) in [4.78, 5) is 11.4. The fraction of sp³-hybridized carbons (Fsp3) is 0.889. The first-order valence-corrected chi connectivity index (χ1v) is 4.87. The molecule has 4 heteroatoms. The monoisotopic (exact) mass is 204 g/mol. The topological polar surface area (TPSA) is 41.1 Å². The number of hydrogen-bond acceptors (Lipinski definition) is 2. The zero-order chi connectivity index (χ0) is 8.39. The van der Waals surface area contributed by atoms with Crippen LogP contribution in [0.25, 0.3) is 0 Å². The van der Waals surface area contributed by atoms with E-state index in [1.54, 1.807) is 0 Å². The second kappa shape index (κ2) is 4.82. The van der Waals surface area contributed by atoms with E-state index in [2.05, 4.69) is 10.6 Å². The van der Waals surface area contributed by atoms with E-state index in [1.807, 2.05) is 0 Å². The predicted octanol–water partition coefficient (Wildman–Crippen LogP) is 0.686. The van der Waals surface area contributed by atoms with Gasteiger partial charge in [-0.05, 0) is 38.1 Å². The van der Waals surface area contributed by atoms with Crippen LogP contribution in [0.4, 0.5) is 0 Å². The third kappa shape index (κ3) is 3.16. The molecule has 0 aromatic rings. The van der Waals surface area contributed by atoms with Crippen LogP contribution in [0.1, 0.15) is 25.7 Å². The third-order valence-corrected chi connectivity index (χ3v) is 2.64. The van der Waals surface area contributed by atoms with Crippen molar-refractivity contribution in [1.82, 2.24) is 10.6 Å². The van der Waals surface area contributed by atoms with Gasteiger partial charge in [-0.3, -0.25) is 4.79 Å². The van der Waals surface area contributed by atoms with Crippen molar-refractivity contribution < 1.29 is 4.79 Å². The van der Waals surface area contributed by atoms with Crippen molar-refractivity contribution in [2.24, 2.45) is 5.92 Å². The fourth-order valence-corrected chi connectivity index (χ4v) is 1.60. The molecule has 1 aliphatic carbocycles. The molecule has 1 unspecified atom stereocenters. The van der Waals surface area contributed by atoms with Gasteiger partial charge in [-0.1, -0.05) is 0 Å². The summed E-state index contributed by atoms with van der Waals surface area (Å²) in [5.74, 6) is 0.995. The Kier molecular flexibility index (Phi) is 4.00. The van der Waals surface area contributed by atoms with Gasteiger partial charge in [0.25, 0.3) is 0 Å². The molecule has 0 bridgehead atoms. The average Bonchev–Trinajstić information content (AvgIpc) is 2.74. The standard InChI is InChI=1S/C9H16N2O.ClH/c12-9(8-2-1-5-10-8)11-6-7-3-4-7;/h7-8,10H,1-6H2,(H,11,12);1H. The number of halogens is 1. The van der Waals surface area contributed by atoms with E-state index >= 15 is 0 Å².